The lowest BCUT2D eigenvalue weighted by atomic mass is 10.1. The van der Waals surface area contributed by atoms with Crippen molar-refractivity contribution in [2.75, 3.05) is 31.1 Å². The Morgan fingerprint density at radius 3 is 2.69 bits per heavy atom. The first-order valence-electron chi connectivity index (χ1n) is 11.8. The minimum Gasteiger partial charge on any atom is -0.369 e. The highest BCUT2D eigenvalue weighted by atomic mass is 16.2. The minimum atomic E-state index is 0.267. The number of hydrogen-bond acceptors (Lipinski definition) is 3. The van der Waals surface area contributed by atoms with Gasteiger partial charge in [0, 0.05) is 50.9 Å². The number of guanidine groups is 1. The summed E-state index contributed by atoms with van der Waals surface area (Å²) in [6.45, 7) is 9.27. The predicted octanol–water partition coefficient (Wildman–Crippen LogP) is 3.45. The van der Waals surface area contributed by atoms with Crippen molar-refractivity contribution >= 4 is 17.6 Å². The molecule has 2 heterocycles. The summed E-state index contributed by atoms with van der Waals surface area (Å²) in [5, 5.41) is 7.01. The first-order chi connectivity index (χ1) is 15.6. The number of benzene rings is 2. The third-order valence-corrected chi connectivity index (χ3v) is 6.23. The van der Waals surface area contributed by atoms with Gasteiger partial charge >= 0.3 is 0 Å². The van der Waals surface area contributed by atoms with Gasteiger partial charge in [0.05, 0.1) is 6.54 Å². The van der Waals surface area contributed by atoms with E-state index in [1.807, 2.05) is 4.90 Å². The van der Waals surface area contributed by atoms with Gasteiger partial charge in [0.2, 0.25) is 5.91 Å². The smallest absolute Gasteiger partial charge is 0.222 e. The molecule has 2 aromatic rings. The number of hydrogen-bond donors (Lipinski definition) is 2. The molecule has 0 aliphatic carbocycles. The molecule has 1 unspecified atom stereocenters. The molecule has 0 aromatic heterocycles. The van der Waals surface area contributed by atoms with Gasteiger partial charge < -0.3 is 20.4 Å². The Morgan fingerprint density at radius 1 is 1.12 bits per heavy atom. The van der Waals surface area contributed by atoms with Gasteiger partial charge in [-0.15, -0.1) is 0 Å². The molecule has 2 aromatic carbocycles. The summed E-state index contributed by atoms with van der Waals surface area (Å²) in [4.78, 5) is 21.2. The highest BCUT2D eigenvalue weighted by Crippen LogP contribution is 2.21. The van der Waals surface area contributed by atoms with Crippen LogP contribution in [0.5, 0.6) is 0 Å². The highest BCUT2D eigenvalue weighted by Gasteiger charge is 2.23. The van der Waals surface area contributed by atoms with Gasteiger partial charge in [-0.3, -0.25) is 4.79 Å². The zero-order valence-corrected chi connectivity index (χ0v) is 19.3. The van der Waals surface area contributed by atoms with Gasteiger partial charge in [-0.25, -0.2) is 4.99 Å². The number of amides is 1. The van der Waals surface area contributed by atoms with Crippen molar-refractivity contribution in [3.05, 3.63) is 65.2 Å². The van der Waals surface area contributed by atoms with E-state index < -0.39 is 0 Å². The molecule has 2 N–H and O–H groups in total. The Hall–Kier alpha value is -3.02. The topological polar surface area (TPSA) is 60.0 Å². The maximum Gasteiger partial charge on any atom is 0.222 e. The van der Waals surface area contributed by atoms with Crippen LogP contribution >= 0.6 is 0 Å². The van der Waals surface area contributed by atoms with Crippen LogP contribution in [0.1, 0.15) is 42.9 Å². The van der Waals surface area contributed by atoms with E-state index >= 15 is 0 Å². The number of aryl methyl sites for hydroxylation is 1. The lowest BCUT2D eigenvalue weighted by Crippen LogP contribution is -2.44. The van der Waals surface area contributed by atoms with Crippen molar-refractivity contribution in [3.63, 3.8) is 0 Å². The third-order valence-electron chi connectivity index (χ3n) is 6.23. The van der Waals surface area contributed by atoms with Crippen molar-refractivity contribution in [1.82, 2.24) is 15.5 Å². The largest absolute Gasteiger partial charge is 0.369 e. The van der Waals surface area contributed by atoms with Crippen LogP contribution < -0.4 is 15.5 Å². The molecule has 2 aliphatic heterocycles. The van der Waals surface area contributed by atoms with Crippen LogP contribution in [-0.2, 0) is 17.9 Å². The molecule has 0 saturated carbocycles. The molecule has 6 heteroatoms. The van der Waals surface area contributed by atoms with Crippen LogP contribution in [-0.4, -0.2) is 49.0 Å². The van der Waals surface area contributed by atoms with Crippen molar-refractivity contribution < 1.29 is 4.79 Å². The van der Waals surface area contributed by atoms with Crippen LogP contribution in [0.15, 0.2) is 53.5 Å². The molecule has 6 nitrogen and oxygen atoms in total. The second-order valence-corrected chi connectivity index (χ2v) is 8.85. The molecule has 4 rings (SSSR count). The molecule has 0 bridgehead atoms. The van der Waals surface area contributed by atoms with Gasteiger partial charge in [-0.05, 0) is 49.9 Å². The molecule has 2 fully saturated rings. The predicted molar refractivity (Wildman–Crippen MR) is 131 cm³/mol. The zero-order chi connectivity index (χ0) is 22.3. The molecule has 1 atom stereocenters. The van der Waals surface area contributed by atoms with Gasteiger partial charge in [-0.1, -0.05) is 42.0 Å². The van der Waals surface area contributed by atoms with Crippen LogP contribution in [0.4, 0.5) is 5.69 Å². The summed E-state index contributed by atoms with van der Waals surface area (Å²) in [5.41, 5.74) is 4.92. The first kappa shape index (κ1) is 22.2. The Bertz CT molecular complexity index is 939. The number of rotatable bonds is 7. The number of likely N-dealkylation sites (tertiary alicyclic amines) is 1. The summed E-state index contributed by atoms with van der Waals surface area (Å²) in [5.74, 6) is 1.13. The average Bonchev–Trinajstić information content (AvgIpc) is 3.42. The number of carbonyl (C=O) groups excluding carboxylic acids is 1. The van der Waals surface area contributed by atoms with Gasteiger partial charge in [0.15, 0.2) is 5.96 Å². The van der Waals surface area contributed by atoms with Crippen molar-refractivity contribution in [1.29, 1.82) is 0 Å². The molecular weight excluding hydrogens is 398 g/mol. The van der Waals surface area contributed by atoms with E-state index in [9.17, 15) is 4.79 Å². The van der Waals surface area contributed by atoms with E-state index in [1.54, 1.807) is 0 Å². The van der Waals surface area contributed by atoms with E-state index in [0.29, 0.717) is 25.6 Å². The lowest BCUT2D eigenvalue weighted by molar-refractivity contribution is -0.128. The lowest BCUT2D eigenvalue weighted by Gasteiger charge is -2.20. The molecule has 2 aliphatic rings. The molecule has 1 amide bonds. The summed E-state index contributed by atoms with van der Waals surface area (Å²) < 4.78 is 0. The Morgan fingerprint density at radius 2 is 1.94 bits per heavy atom. The van der Waals surface area contributed by atoms with Crippen LogP contribution in [0.2, 0.25) is 0 Å². The second kappa shape index (κ2) is 10.5. The molecule has 32 heavy (non-hydrogen) atoms. The minimum absolute atomic E-state index is 0.267. The van der Waals surface area contributed by atoms with Crippen LogP contribution in [0.3, 0.4) is 0 Å². The molecule has 0 radical (unpaired) electrons. The van der Waals surface area contributed by atoms with Crippen molar-refractivity contribution in [2.24, 2.45) is 4.99 Å². The summed E-state index contributed by atoms with van der Waals surface area (Å²) in [6.07, 6.45) is 2.75. The fraction of sp³-hybridized carbons (Fsp3) is 0.462. The van der Waals surface area contributed by atoms with E-state index in [2.05, 4.69) is 77.9 Å². The summed E-state index contributed by atoms with van der Waals surface area (Å²) in [6, 6.07) is 17.6. The Labute approximate surface area is 191 Å². The quantitative estimate of drug-likeness (QED) is 0.519. The maximum atomic E-state index is 11.9. The summed E-state index contributed by atoms with van der Waals surface area (Å²) >= 11 is 0. The van der Waals surface area contributed by atoms with E-state index in [0.717, 1.165) is 45.0 Å². The number of aliphatic imine (C=N–C) groups is 1. The standard InChI is InChI=1S/C26H35N5O/c1-3-27-26(29-23-13-15-30(19-23)24-11-9-20(2)10-12-24)28-17-21-6-4-7-22(16-21)18-31-14-5-8-25(31)32/h4,6-7,9-12,16,23H,3,5,8,13-15,17-19H2,1-2H3,(H2,27,28,29). The van der Waals surface area contributed by atoms with Gasteiger partial charge in [-0.2, -0.15) is 0 Å². The number of nitrogens with one attached hydrogen (secondary N) is 2. The fourth-order valence-corrected chi connectivity index (χ4v) is 4.47. The van der Waals surface area contributed by atoms with Crippen LogP contribution in [0.25, 0.3) is 0 Å². The number of carbonyl (C=O) groups is 1. The number of anilines is 1. The van der Waals surface area contributed by atoms with Crippen molar-refractivity contribution in [3.8, 4) is 0 Å². The molecule has 2 saturated heterocycles. The third kappa shape index (κ3) is 5.81. The van der Waals surface area contributed by atoms with Crippen molar-refractivity contribution in [2.45, 2.75) is 52.2 Å². The Balaban J connectivity index is 1.34. The maximum absolute atomic E-state index is 11.9. The van der Waals surface area contributed by atoms with Gasteiger partial charge in [0.25, 0.3) is 0 Å². The zero-order valence-electron chi connectivity index (χ0n) is 19.3. The van der Waals surface area contributed by atoms with Crippen LogP contribution in [0, 0.1) is 6.92 Å². The number of nitrogens with zero attached hydrogens (tertiary/aromatic N) is 3. The first-order valence-corrected chi connectivity index (χ1v) is 11.8. The monoisotopic (exact) mass is 433 g/mol. The van der Waals surface area contributed by atoms with Gasteiger partial charge in [0.1, 0.15) is 0 Å². The molecular formula is C26H35N5O. The molecule has 0 spiro atoms. The SMILES string of the molecule is CCNC(=NCc1cccc(CN2CCCC2=O)c1)NC1CCN(c2ccc(C)cc2)C1. The van der Waals surface area contributed by atoms with E-state index in [1.165, 1.54) is 22.4 Å². The van der Waals surface area contributed by atoms with E-state index in [-0.39, 0.29) is 5.91 Å². The second-order valence-electron chi connectivity index (χ2n) is 8.85. The fourth-order valence-electron chi connectivity index (χ4n) is 4.47. The Kier molecular flexibility index (Phi) is 7.30. The van der Waals surface area contributed by atoms with E-state index in [4.69, 9.17) is 4.99 Å². The summed E-state index contributed by atoms with van der Waals surface area (Å²) in [7, 11) is 0. The molecule has 170 valence electrons. The highest BCUT2D eigenvalue weighted by molar-refractivity contribution is 5.80. The average molecular weight is 434 g/mol. The normalized spacial score (nSPS) is 19.0.